The molecular formula is C14H21F3N2O3. The van der Waals surface area contributed by atoms with Crippen molar-refractivity contribution in [2.75, 3.05) is 40.0 Å². The lowest BCUT2D eigenvalue weighted by atomic mass is 9.93. The van der Waals surface area contributed by atoms with Gasteiger partial charge in [-0.2, -0.15) is 13.2 Å². The first-order chi connectivity index (χ1) is 10.3. The highest BCUT2D eigenvalue weighted by molar-refractivity contribution is 5.75. The average molecular weight is 322 g/mol. The fourth-order valence-corrected chi connectivity index (χ4v) is 3.57. The summed E-state index contributed by atoms with van der Waals surface area (Å²) in [6.45, 7) is 1.17. The molecule has 2 amide bonds. The molecule has 2 heterocycles. The van der Waals surface area contributed by atoms with Gasteiger partial charge in [0.1, 0.15) is 0 Å². The van der Waals surface area contributed by atoms with E-state index in [4.69, 9.17) is 4.74 Å². The molecule has 8 heteroatoms. The van der Waals surface area contributed by atoms with Gasteiger partial charge < -0.3 is 19.7 Å². The highest BCUT2D eigenvalue weighted by Gasteiger charge is 2.64. The molecule has 2 saturated heterocycles. The SMILES string of the molecule is COC1(C(F)(F)F)CN(C(=O)NCC2CC23CCOCC3)C1. The van der Waals surface area contributed by atoms with Crippen molar-refractivity contribution < 1.29 is 27.4 Å². The summed E-state index contributed by atoms with van der Waals surface area (Å²) in [5, 5.41) is 2.75. The van der Waals surface area contributed by atoms with Crippen molar-refractivity contribution in [1.29, 1.82) is 0 Å². The fourth-order valence-electron chi connectivity index (χ4n) is 3.57. The Labute approximate surface area is 127 Å². The summed E-state index contributed by atoms with van der Waals surface area (Å²) in [5.41, 5.74) is -1.91. The van der Waals surface area contributed by atoms with Crippen LogP contribution in [-0.4, -0.2) is 62.7 Å². The Balaban J connectivity index is 1.43. The van der Waals surface area contributed by atoms with Gasteiger partial charge in [0.2, 0.25) is 0 Å². The Morgan fingerprint density at radius 3 is 2.55 bits per heavy atom. The first-order valence-corrected chi connectivity index (χ1v) is 7.54. The van der Waals surface area contributed by atoms with Crippen molar-refractivity contribution in [3.63, 3.8) is 0 Å². The number of likely N-dealkylation sites (tertiary alicyclic amines) is 1. The summed E-state index contributed by atoms with van der Waals surface area (Å²) in [7, 11) is 1.03. The quantitative estimate of drug-likeness (QED) is 0.862. The van der Waals surface area contributed by atoms with Gasteiger partial charge in [-0.1, -0.05) is 0 Å². The number of ether oxygens (including phenoxy) is 2. The van der Waals surface area contributed by atoms with Crippen molar-refractivity contribution in [2.24, 2.45) is 11.3 Å². The molecule has 1 unspecified atom stereocenters. The number of amides is 2. The Morgan fingerprint density at radius 2 is 2.00 bits per heavy atom. The van der Waals surface area contributed by atoms with Crippen molar-refractivity contribution in [1.82, 2.24) is 10.2 Å². The molecule has 0 radical (unpaired) electrons. The maximum atomic E-state index is 12.9. The maximum Gasteiger partial charge on any atom is 0.420 e. The number of alkyl halides is 3. The predicted octanol–water partition coefficient (Wildman–Crippen LogP) is 1.78. The summed E-state index contributed by atoms with van der Waals surface area (Å²) < 4.78 is 48.5. The second-order valence-corrected chi connectivity index (χ2v) is 6.61. The number of nitrogens with one attached hydrogen (secondary N) is 1. The first kappa shape index (κ1) is 15.9. The molecule has 3 fully saturated rings. The van der Waals surface area contributed by atoms with Crippen molar-refractivity contribution in [2.45, 2.75) is 31.0 Å². The lowest BCUT2D eigenvalue weighted by Crippen LogP contribution is -2.72. The van der Waals surface area contributed by atoms with Crippen LogP contribution >= 0.6 is 0 Å². The molecule has 0 aromatic carbocycles. The van der Waals surface area contributed by atoms with Crippen LogP contribution in [0.4, 0.5) is 18.0 Å². The number of nitrogens with zero attached hydrogens (tertiary/aromatic N) is 1. The zero-order valence-corrected chi connectivity index (χ0v) is 12.5. The molecule has 0 bridgehead atoms. The van der Waals surface area contributed by atoms with E-state index in [2.05, 4.69) is 10.1 Å². The van der Waals surface area contributed by atoms with Gasteiger partial charge in [0, 0.05) is 26.9 Å². The molecular weight excluding hydrogens is 301 g/mol. The third kappa shape index (κ3) is 2.56. The second-order valence-electron chi connectivity index (χ2n) is 6.61. The van der Waals surface area contributed by atoms with E-state index in [-0.39, 0.29) is 0 Å². The smallest absolute Gasteiger partial charge is 0.381 e. The molecule has 1 atom stereocenters. The number of methoxy groups -OCH3 is 1. The lowest BCUT2D eigenvalue weighted by Gasteiger charge is -2.49. The molecule has 0 aromatic heterocycles. The van der Waals surface area contributed by atoms with Gasteiger partial charge in [0.15, 0.2) is 5.60 Å². The monoisotopic (exact) mass is 322 g/mol. The molecule has 1 aliphatic carbocycles. The molecule has 2 aliphatic heterocycles. The van der Waals surface area contributed by atoms with E-state index in [1.807, 2.05) is 0 Å². The number of hydrogen-bond acceptors (Lipinski definition) is 3. The van der Waals surface area contributed by atoms with Gasteiger partial charge in [-0.3, -0.25) is 0 Å². The molecule has 1 N–H and O–H groups in total. The zero-order chi connectivity index (χ0) is 16.0. The molecule has 0 aromatic rings. The van der Waals surface area contributed by atoms with Gasteiger partial charge >= 0.3 is 12.2 Å². The minimum Gasteiger partial charge on any atom is -0.381 e. The van der Waals surface area contributed by atoms with E-state index < -0.39 is 30.9 Å². The fraction of sp³-hybridized carbons (Fsp3) is 0.929. The van der Waals surface area contributed by atoms with Crippen LogP contribution in [0.3, 0.4) is 0 Å². The highest BCUT2D eigenvalue weighted by Crippen LogP contribution is 2.58. The van der Waals surface area contributed by atoms with E-state index >= 15 is 0 Å². The van der Waals surface area contributed by atoms with E-state index in [0.717, 1.165) is 44.5 Å². The van der Waals surface area contributed by atoms with Crippen molar-refractivity contribution in [3.05, 3.63) is 0 Å². The van der Waals surface area contributed by atoms with Crippen LogP contribution in [0.25, 0.3) is 0 Å². The molecule has 22 heavy (non-hydrogen) atoms. The van der Waals surface area contributed by atoms with Gasteiger partial charge in [-0.05, 0) is 30.6 Å². The number of halogens is 3. The highest BCUT2D eigenvalue weighted by atomic mass is 19.4. The standard InChI is InChI=1S/C14H21F3N2O3/c1-21-13(14(15,16)17)8-19(9-13)11(20)18-7-10-6-12(10)2-4-22-5-3-12/h10H,2-9H2,1H3,(H,18,20). The van der Waals surface area contributed by atoms with Crippen molar-refractivity contribution >= 4 is 6.03 Å². The van der Waals surface area contributed by atoms with Gasteiger partial charge in [-0.25, -0.2) is 4.79 Å². The number of carbonyl (C=O) groups is 1. The largest absolute Gasteiger partial charge is 0.420 e. The Kier molecular flexibility index (Phi) is 3.79. The zero-order valence-electron chi connectivity index (χ0n) is 12.5. The van der Waals surface area contributed by atoms with E-state index in [9.17, 15) is 18.0 Å². The van der Waals surface area contributed by atoms with Crippen LogP contribution in [0.2, 0.25) is 0 Å². The summed E-state index contributed by atoms with van der Waals surface area (Å²) >= 11 is 0. The second kappa shape index (κ2) is 5.26. The molecule has 5 nitrogen and oxygen atoms in total. The molecule has 3 aliphatic rings. The summed E-state index contributed by atoms with van der Waals surface area (Å²) in [6, 6.07) is -0.439. The van der Waals surface area contributed by atoms with E-state index in [1.165, 1.54) is 0 Å². The number of rotatable bonds is 3. The van der Waals surface area contributed by atoms with Crippen LogP contribution in [-0.2, 0) is 9.47 Å². The number of urea groups is 1. The third-order valence-corrected chi connectivity index (χ3v) is 5.43. The lowest BCUT2D eigenvalue weighted by molar-refractivity contribution is -0.303. The minimum absolute atomic E-state index is 0.294. The Bertz CT molecular complexity index is 443. The maximum absolute atomic E-state index is 12.9. The van der Waals surface area contributed by atoms with Gasteiger partial charge in [0.05, 0.1) is 13.1 Å². The third-order valence-electron chi connectivity index (χ3n) is 5.43. The van der Waals surface area contributed by atoms with Crippen LogP contribution in [0, 0.1) is 11.3 Å². The van der Waals surface area contributed by atoms with Gasteiger partial charge in [-0.15, -0.1) is 0 Å². The molecule has 126 valence electrons. The normalized spacial score (nSPS) is 29.1. The van der Waals surface area contributed by atoms with Crippen LogP contribution in [0.15, 0.2) is 0 Å². The summed E-state index contributed by atoms with van der Waals surface area (Å²) in [5.74, 6) is 0.427. The number of carbonyl (C=O) groups excluding carboxylic acids is 1. The first-order valence-electron chi connectivity index (χ1n) is 7.54. The predicted molar refractivity (Wildman–Crippen MR) is 71.4 cm³/mol. The Morgan fingerprint density at radius 1 is 1.36 bits per heavy atom. The topological polar surface area (TPSA) is 50.8 Å². The summed E-state index contributed by atoms with van der Waals surface area (Å²) in [4.78, 5) is 13.1. The summed E-state index contributed by atoms with van der Waals surface area (Å²) in [6.07, 6.45) is -1.36. The average Bonchev–Trinajstić information content (AvgIpc) is 3.07. The molecule has 1 spiro atoms. The van der Waals surface area contributed by atoms with Crippen LogP contribution < -0.4 is 5.32 Å². The van der Waals surface area contributed by atoms with Gasteiger partial charge in [0.25, 0.3) is 0 Å². The molecule has 1 saturated carbocycles. The van der Waals surface area contributed by atoms with Crippen LogP contribution in [0.5, 0.6) is 0 Å². The van der Waals surface area contributed by atoms with E-state index in [1.54, 1.807) is 0 Å². The van der Waals surface area contributed by atoms with E-state index in [0.29, 0.717) is 17.9 Å². The molecule has 3 rings (SSSR count). The Hall–Kier alpha value is -1.02. The van der Waals surface area contributed by atoms with Crippen LogP contribution in [0.1, 0.15) is 19.3 Å². The van der Waals surface area contributed by atoms with Crippen molar-refractivity contribution in [3.8, 4) is 0 Å². The number of hydrogen-bond donors (Lipinski definition) is 1. The minimum atomic E-state index is -4.46.